The second kappa shape index (κ2) is 65.8. The summed E-state index contributed by atoms with van der Waals surface area (Å²) in [5.41, 5.74) is 11.8. The maximum Gasteiger partial charge on any atom is 0.403 e. The van der Waals surface area contributed by atoms with Gasteiger partial charge in [-0.3, -0.25) is 9.59 Å². The van der Waals surface area contributed by atoms with E-state index in [9.17, 15) is 14.4 Å². The number of nitrogens with one attached hydrogen (secondary N) is 4. The Labute approximate surface area is 587 Å². The Hall–Kier alpha value is -2.45. The van der Waals surface area contributed by atoms with E-state index in [1.54, 1.807) is 20.8 Å². The fourth-order valence-electron chi connectivity index (χ4n) is 13.3. The van der Waals surface area contributed by atoms with Crippen LogP contribution in [0.5, 0.6) is 0 Å². The van der Waals surface area contributed by atoms with Crippen molar-refractivity contribution >= 4 is 53.7 Å². The number of hydrogen-bond acceptors (Lipinski definition) is 12. The Bertz CT molecular complexity index is 1740. The number of carbonyl (C=O) groups is 3. The molecule has 17 heteroatoms. The molecule has 0 aromatic carbocycles. The molecule has 10 fully saturated rings. The number of rotatable bonds is 11. The largest absolute Gasteiger partial charge is 0.454 e. The van der Waals surface area contributed by atoms with Crippen molar-refractivity contribution in [2.45, 2.75) is 322 Å². The van der Waals surface area contributed by atoms with E-state index in [0.717, 1.165) is 95.7 Å². The van der Waals surface area contributed by atoms with Crippen molar-refractivity contribution in [1.82, 2.24) is 21.3 Å². The standard InChI is InChI=1S/C9H17NO.C8H15NO.C8H17N.2C7H15N.C7H11N.C6H13N.2C6H9N.C4H8O.C3H5ClO2.4CH4.2ClH/c1-8(11)10-7-9(2)5-3-4-6-9;1-7(10)9-6-8-4-2-3-5-8;1-8(7-9-2)5-3-4-6-8;1-8-6-7-4-2-3-5-7;2*1-7(6-8)4-2-3-5-7;3*7-5-6-3-1-2-4-6;1-2-4-5-3-1;1-2-6-3(4)5;;;;;;/h3-7H2,1-2H3,(H,10,11);8H,2-6H2,1H3,(H,9,10);9H,3-7H2,1-2H3;7-8H,2-6H2,1H3;2-6,8H2,1H3;2-5H2,1H3;6H,1-5,7H2;2*6H,1-4H2;1-4H2;2H2,1H3;4*1H4;2*1H. The molecule has 548 valence electrons. The van der Waals surface area contributed by atoms with Crippen LogP contribution in [0.15, 0.2) is 0 Å². The molecule has 14 nitrogen and oxygen atoms in total. The number of nitriles is 3. The first-order valence-corrected chi connectivity index (χ1v) is 35.4. The number of ether oxygens (including phenoxy) is 2. The molecule has 10 aliphatic rings. The van der Waals surface area contributed by atoms with Crippen molar-refractivity contribution in [2.24, 2.45) is 62.7 Å². The summed E-state index contributed by atoms with van der Waals surface area (Å²) in [5.74, 6) is 3.65. The van der Waals surface area contributed by atoms with E-state index in [1.807, 2.05) is 14.1 Å². The summed E-state index contributed by atoms with van der Waals surface area (Å²) in [6.45, 7) is 22.2. The second-order valence-electron chi connectivity index (χ2n) is 28.0. The Morgan fingerprint density at radius 3 is 1.05 bits per heavy atom. The van der Waals surface area contributed by atoms with Crippen molar-refractivity contribution in [3.63, 3.8) is 0 Å². The summed E-state index contributed by atoms with van der Waals surface area (Å²) in [5, 5.41) is 37.4. The highest BCUT2D eigenvalue weighted by Crippen LogP contribution is 2.39. The number of carbonyl (C=O) groups excluding carboxylic acids is 3. The minimum atomic E-state index is -0.738. The molecular formula is C75H152Cl3N9O5. The van der Waals surface area contributed by atoms with Gasteiger partial charge in [-0.2, -0.15) is 15.8 Å². The lowest BCUT2D eigenvalue weighted by molar-refractivity contribution is -0.120. The molecule has 10 rings (SSSR count). The summed E-state index contributed by atoms with van der Waals surface area (Å²) in [6, 6.07) is 6.87. The van der Waals surface area contributed by atoms with Crippen molar-refractivity contribution in [3.8, 4) is 18.2 Å². The maximum absolute atomic E-state index is 10.6. The zero-order valence-corrected chi connectivity index (χ0v) is 60.2. The summed E-state index contributed by atoms with van der Waals surface area (Å²) in [4.78, 5) is 30.7. The SMILES string of the molecule is C.C.C.C.C1CCOC1.CC(=O)NCC1(C)CCCC1.CC(=O)NCC1CCCC1.CC1(C#N)CCCC1.CC1(CN)CCCC1.CCOC(=O)Cl.CNCC1(C)CCCC1.CNCC1CCCC1.Cl.Cl.N#CC1CCCC1.N#CC1CCCC1.NCC1CCCC1. The van der Waals surface area contributed by atoms with Gasteiger partial charge in [0.25, 0.3) is 0 Å². The molecule has 9 saturated carbocycles. The lowest BCUT2D eigenvalue weighted by Gasteiger charge is -2.22. The molecule has 0 unspecified atom stereocenters. The minimum Gasteiger partial charge on any atom is -0.454 e. The Morgan fingerprint density at radius 2 is 0.826 bits per heavy atom. The summed E-state index contributed by atoms with van der Waals surface area (Å²) >= 11 is 4.72. The van der Waals surface area contributed by atoms with Gasteiger partial charge < -0.3 is 42.2 Å². The fourth-order valence-corrected chi connectivity index (χ4v) is 13.4. The van der Waals surface area contributed by atoms with Gasteiger partial charge in [0.1, 0.15) is 0 Å². The summed E-state index contributed by atoms with van der Waals surface area (Å²) in [6.07, 6.45) is 50.2. The molecule has 1 heterocycles. The molecule has 92 heavy (non-hydrogen) atoms. The molecule has 1 aliphatic heterocycles. The van der Waals surface area contributed by atoms with E-state index in [1.165, 1.54) is 219 Å². The van der Waals surface area contributed by atoms with E-state index >= 15 is 0 Å². The normalized spacial score (nSPS) is 20.4. The highest BCUT2D eigenvalue weighted by molar-refractivity contribution is 6.61. The van der Waals surface area contributed by atoms with Gasteiger partial charge in [-0.05, 0) is 210 Å². The van der Waals surface area contributed by atoms with Crippen LogP contribution in [-0.2, 0) is 19.1 Å². The fraction of sp³-hybridized carbons (Fsp3) is 0.920. The second-order valence-corrected chi connectivity index (χ2v) is 28.3. The van der Waals surface area contributed by atoms with Gasteiger partial charge >= 0.3 is 5.43 Å². The zero-order valence-electron chi connectivity index (χ0n) is 57.9. The van der Waals surface area contributed by atoms with Gasteiger partial charge in [-0.1, -0.05) is 166 Å². The van der Waals surface area contributed by atoms with Gasteiger partial charge in [0.05, 0.1) is 30.2 Å². The monoisotopic (exact) mass is 1360 g/mol. The number of hydrogen-bond donors (Lipinski definition) is 6. The highest BCUT2D eigenvalue weighted by atomic mass is 35.5. The lowest BCUT2D eigenvalue weighted by atomic mass is 9.89. The molecule has 1 saturated heterocycles. The third-order valence-corrected chi connectivity index (χ3v) is 19.4. The third-order valence-electron chi connectivity index (χ3n) is 19.3. The molecule has 0 aromatic rings. The van der Waals surface area contributed by atoms with Crippen LogP contribution in [0, 0.1) is 85.2 Å². The van der Waals surface area contributed by atoms with Crippen LogP contribution in [0.4, 0.5) is 4.79 Å². The van der Waals surface area contributed by atoms with Crippen LogP contribution in [0.2, 0.25) is 0 Å². The molecule has 0 radical (unpaired) electrons. The predicted molar refractivity (Wildman–Crippen MR) is 401 cm³/mol. The van der Waals surface area contributed by atoms with Crippen molar-refractivity contribution in [1.29, 1.82) is 15.8 Å². The molecule has 0 spiro atoms. The van der Waals surface area contributed by atoms with Gasteiger partial charge in [0.2, 0.25) is 11.8 Å². The number of nitrogens with zero attached hydrogens (tertiary/aromatic N) is 3. The van der Waals surface area contributed by atoms with Crippen molar-refractivity contribution in [2.75, 3.05) is 73.2 Å². The zero-order chi connectivity index (χ0) is 64.2. The number of nitrogens with two attached hydrogens (primary N) is 2. The average molecular weight is 1370 g/mol. The van der Waals surface area contributed by atoms with E-state index in [-0.39, 0.29) is 71.8 Å². The van der Waals surface area contributed by atoms with Crippen LogP contribution in [-0.4, -0.2) is 90.4 Å². The first kappa shape index (κ1) is 103. The van der Waals surface area contributed by atoms with Crippen LogP contribution in [0.25, 0.3) is 0 Å². The summed E-state index contributed by atoms with van der Waals surface area (Å²) in [7, 11) is 4.09. The van der Waals surface area contributed by atoms with E-state index in [2.05, 4.69) is 71.9 Å². The van der Waals surface area contributed by atoms with Crippen molar-refractivity contribution in [3.05, 3.63) is 0 Å². The smallest absolute Gasteiger partial charge is 0.403 e. The first-order chi connectivity index (χ1) is 41.2. The minimum absolute atomic E-state index is 0. The highest BCUT2D eigenvalue weighted by Gasteiger charge is 2.30. The van der Waals surface area contributed by atoms with Crippen molar-refractivity contribution < 1.29 is 23.9 Å². The van der Waals surface area contributed by atoms with Crippen LogP contribution >= 0.6 is 36.4 Å². The van der Waals surface area contributed by atoms with Crippen LogP contribution in [0.1, 0.15) is 322 Å². The summed E-state index contributed by atoms with van der Waals surface area (Å²) < 4.78 is 9.11. The quantitative estimate of drug-likeness (QED) is 0.106. The molecule has 2 amide bonds. The number of amides is 2. The molecular weight excluding hydrogens is 1210 g/mol. The molecule has 0 aromatic heterocycles. The van der Waals surface area contributed by atoms with E-state index in [0.29, 0.717) is 34.7 Å². The van der Waals surface area contributed by atoms with Crippen LogP contribution in [0.3, 0.4) is 0 Å². The van der Waals surface area contributed by atoms with Gasteiger partial charge in [0.15, 0.2) is 0 Å². The van der Waals surface area contributed by atoms with Gasteiger partial charge in [-0.25, -0.2) is 4.79 Å². The predicted octanol–water partition coefficient (Wildman–Crippen LogP) is 19.9. The number of halogens is 3. The first-order valence-electron chi connectivity index (χ1n) is 35.0. The molecule has 8 N–H and O–H groups in total. The van der Waals surface area contributed by atoms with E-state index in [4.69, 9.17) is 43.6 Å². The maximum atomic E-state index is 10.6. The Kier molecular flexibility index (Phi) is 73.7. The Balaban J connectivity index is -0.000000172. The molecule has 0 atom stereocenters. The molecule has 9 aliphatic carbocycles. The lowest BCUT2D eigenvalue weighted by Crippen LogP contribution is -2.32. The third kappa shape index (κ3) is 57.8. The van der Waals surface area contributed by atoms with E-state index < -0.39 is 5.43 Å². The van der Waals surface area contributed by atoms with Gasteiger partial charge in [-0.15, -0.1) is 24.8 Å². The van der Waals surface area contributed by atoms with Crippen LogP contribution < -0.4 is 32.7 Å². The molecule has 0 bridgehead atoms. The average Bonchev–Trinajstić information content (AvgIpc) is 2.63. The topological polar surface area (TPSA) is 241 Å². The Morgan fingerprint density at radius 1 is 0.489 bits per heavy atom. The van der Waals surface area contributed by atoms with Gasteiger partial charge in [0, 0.05) is 70.1 Å².